The fourth-order valence-corrected chi connectivity index (χ4v) is 3.15. The highest BCUT2D eigenvalue weighted by Gasteiger charge is 2.32. The van der Waals surface area contributed by atoms with Crippen LogP contribution in [-0.2, 0) is 6.54 Å². The van der Waals surface area contributed by atoms with Crippen molar-refractivity contribution >= 4 is 0 Å². The van der Waals surface area contributed by atoms with E-state index in [9.17, 15) is 0 Å². The monoisotopic (exact) mass is 264 g/mol. The van der Waals surface area contributed by atoms with Crippen LogP contribution in [0.2, 0.25) is 0 Å². The highest BCUT2D eigenvalue weighted by molar-refractivity contribution is 5.13. The van der Waals surface area contributed by atoms with Crippen molar-refractivity contribution in [2.45, 2.75) is 57.5 Å². The van der Waals surface area contributed by atoms with E-state index in [1.165, 1.54) is 49.8 Å². The number of nitrogens with one attached hydrogen (secondary N) is 2. The zero-order valence-electron chi connectivity index (χ0n) is 12.6. The highest BCUT2D eigenvalue weighted by atomic mass is 15.2. The van der Waals surface area contributed by atoms with E-state index in [0.717, 1.165) is 13.1 Å². The molecule has 2 N–H and O–H groups in total. The number of aromatic amines is 1. The van der Waals surface area contributed by atoms with Gasteiger partial charge in [0.1, 0.15) is 0 Å². The van der Waals surface area contributed by atoms with Gasteiger partial charge in [-0.3, -0.25) is 5.10 Å². The third-order valence-electron chi connectivity index (χ3n) is 4.69. The van der Waals surface area contributed by atoms with E-state index in [4.69, 9.17) is 0 Å². The normalized spacial score (nSPS) is 19.6. The third kappa shape index (κ3) is 3.57. The maximum absolute atomic E-state index is 4.08. The SMILES string of the molecule is Cc1[nH]ncc1CNCC1(N(C)C)CCCCCC1. The molecule has 0 spiro atoms. The van der Waals surface area contributed by atoms with Gasteiger partial charge in [0, 0.05) is 29.9 Å². The van der Waals surface area contributed by atoms with Gasteiger partial charge in [-0.15, -0.1) is 0 Å². The second-order valence-electron chi connectivity index (χ2n) is 6.16. The Kier molecular flexibility index (Phi) is 4.99. The van der Waals surface area contributed by atoms with Crippen LogP contribution in [0.25, 0.3) is 0 Å². The van der Waals surface area contributed by atoms with Crippen LogP contribution in [-0.4, -0.2) is 41.3 Å². The maximum Gasteiger partial charge on any atom is 0.0535 e. The molecule has 1 aromatic rings. The first-order valence-corrected chi connectivity index (χ1v) is 7.51. The number of likely N-dealkylation sites (N-methyl/N-ethyl adjacent to an activating group) is 1. The summed E-state index contributed by atoms with van der Waals surface area (Å²) in [6, 6.07) is 0. The lowest BCUT2D eigenvalue weighted by molar-refractivity contribution is 0.126. The van der Waals surface area contributed by atoms with Crippen LogP contribution in [0, 0.1) is 6.92 Å². The fourth-order valence-electron chi connectivity index (χ4n) is 3.15. The zero-order chi connectivity index (χ0) is 13.7. The number of aromatic nitrogens is 2. The van der Waals surface area contributed by atoms with E-state index >= 15 is 0 Å². The molecule has 4 nitrogen and oxygen atoms in total. The fraction of sp³-hybridized carbons (Fsp3) is 0.800. The average Bonchev–Trinajstić information content (AvgIpc) is 2.66. The number of rotatable bonds is 5. The van der Waals surface area contributed by atoms with Crippen molar-refractivity contribution in [1.29, 1.82) is 0 Å². The Morgan fingerprint density at radius 3 is 2.47 bits per heavy atom. The Morgan fingerprint density at radius 1 is 1.26 bits per heavy atom. The first kappa shape index (κ1) is 14.5. The Hall–Kier alpha value is -0.870. The molecule has 0 aliphatic heterocycles. The van der Waals surface area contributed by atoms with Crippen molar-refractivity contribution in [2.24, 2.45) is 0 Å². The topological polar surface area (TPSA) is 44.0 Å². The van der Waals surface area contributed by atoms with Crippen LogP contribution in [0.15, 0.2) is 6.20 Å². The highest BCUT2D eigenvalue weighted by Crippen LogP contribution is 2.30. The molecule has 1 aliphatic carbocycles. The summed E-state index contributed by atoms with van der Waals surface area (Å²) in [7, 11) is 4.46. The predicted octanol–water partition coefficient (Wildman–Crippen LogP) is 2.46. The van der Waals surface area contributed by atoms with E-state index in [0.29, 0.717) is 5.54 Å². The molecule has 0 saturated heterocycles. The summed E-state index contributed by atoms with van der Waals surface area (Å²) in [4.78, 5) is 2.44. The lowest BCUT2D eigenvalue weighted by atomic mass is 9.88. The molecule has 0 aromatic carbocycles. The second kappa shape index (κ2) is 6.53. The molecule has 108 valence electrons. The predicted molar refractivity (Wildman–Crippen MR) is 79.2 cm³/mol. The van der Waals surface area contributed by atoms with Gasteiger partial charge in [0.15, 0.2) is 0 Å². The first-order chi connectivity index (χ1) is 9.14. The van der Waals surface area contributed by atoms with E-state index < -0.39 is 0 Å². The smallest absolute Gasteiger partial charge is 0.0535 e. The van der Waals surface area contributed by atoms with Crippen LogP contribution in [0.3, 0.4) is 0 Å². The van der Waals surface area contributed by atoms with Gasteiger partial charge in [-0.25, -0.2) is 0 Å². The maximum atomic E-state index is 4.08. The largest absolute Gasteiger partial charge is 0.311 e. The summed E-state index contributed by atoms with van der Waals surface area (Å²) >= 11 is 0. The van der Waals surface area contributed by atoms with Crippen molar-refractivity contribution in [1.82, 2.24) is 20.4 Å². The minimum atomic E-state index is 0.341. The first-order valence-electron chi connectivity index (χ1n) is 7.51. The number of hydrogen-bond donors (Lipinski definition) is 2. The molecule has 1 heterocycles. The molecule has 0 unspecified atom stereocenters. The number of aryl methyl sites for hydroxylation is 1. The Morgan fingerprint density at radius 2 is 1.95 bits per heavy atom. The Labute approximate surface area is 117 Å². The molecule has 0 atom stereocenters. The summed E-state index contributed by atoms with van der Waals surface area (Å²) in [5, 5.41) is 10.7. The van der Waals surface area contributed by atoms with Gasteiger partial charge in [-0.2, -0.15) is 5.10 Å². The van der Waals surface area contributed by atoms with Gasteiger partial charge in [0.2, 0.25) is 0 Å². The molecule has 2 rings (SSSR count). The molecule has 0 radical (unpaired) electrons. The molecular formula is C15H28N4. The van der Waals surface area contributed by atoms with Crippen molar-refractivity contribution in [2.75, 3.05) is 20.6 Å². The average molecular weight is 264 g/mol. The van der Waals surface area contributed by atoms with Gasteiger partial charge in [0.25, 0.3) is 0 Å². The molecule has 0 amide bonds. The second-order valence-corrected chi connectivity index (χ2v) is 6.16. The van der Waals surface area contributed by atoms with Gasteiger partial charge in [-0.05, 0) is 33.9 Å². The quantitative estimate of drug-likeness (QED) is 0.803. The lowest BCUT2D eigenvalue weighted by Gasteiger charge is -2.40. The molecular weight excluding hydrogens is 236 g/mol. The zero-order valence-corrected chi connectivity index (χ0v) is 12.6. The standard InChI is InChI=1S/C15H28N4/c1-13-14(11-17-18-13)10-16-12-15(19(2)3)8-6-4-5-7-9-15/h11,16H,4-10,12H2,1-3H3,(H,17,18). The summed E-state index contributed by atoms with van der Waals surface area (Å²) in [5.74, 6) is 0. The van der Waals surface area contributed by atoms with Crippen LogP contribution in [0.1, 0.15) is 49.8 Å². The van der Waals surface area contributed by atoms with E-state index in [1.54, 1.807) is 0 Å². The van der Waals surface area contributed by atoms with Crippen LogP contribution in [0.4, 0.5) is 0 Å². The van der Waals surface area contributed by atoms with E-state index in [1.807, 2.05) is 6.20 Å². The summed E-state index contributed by atoms with van der Waals surface area (Å²) in [5.41, 5.74) is 2.79. The van der Waals surface area contributed by atoms with E-state index in [2.05, 4.69) is 41.4 Å². The molecule has 0 bridgehead atoms. The lowest BCUT2D eigenvalue weighted by Crippen LogP contribution is -2.51. The van der Waals surface area contributed by atoms with Crippen LogP contribution < -0.4 is 5.32 Å². The minimum absolute atomic E-state index is 0.341. The summed E-state index contributed by atoms with van der Waals surface area (Å²) in [6.45, 7) is 4.07. The van der Waals surface area contributed by atoms with Crippen molar-refractivity contribution in [3.8, 4) is 0 Å². The van der Waals surface area contributed by atoms with Crippen molar-refractivity contribution in [3.63, 3.8) is 0 Å². The van der Waals surface area contributed by atoms with Crippen LogP contribution in [0.5, 0.6) is 0 Å². The molecule has 1 aromatic heterocycles. The van der Waals surface area contributed by atoms with Gasteiger partial charge in [-0.1, -0.05) is 25.7 Å². The Bertz CT molecular complexity index is 375. The molecule has 4 heteroatoms. The Balaban J connectivity index is 1.91. The summed E-state index contributed by atoms with van der Waals surface area (Å²) < 4.78 is 0. The van der Waals surface area contributed by atoms with Crippen molar-refractivity contribution in [3.05, 3.63) is 17.5 Å². The molecule has 1 fully saturated rings. The van der Waals surface area contributed by atoms with Gasteiger partial charge >= 0.3 is 0 Å². The van der Waals surface area contributed by atoms with Gasteiger partial charge in [0.05, 0.1) is 6.20 Å². The molecule has 1 saturated carbocycles. The molecule has 19 heavy (non-hydrogen) atoms. The molecule has 1 aliphatic rings. The summed E-state index contributed by atoms with van der Waals surface area (Å²) in [6.07, 6.45) is 10.1. The van der Waals surface area contributed by atoms with Gasteiger partial charge < -0.3 is 10.2 Å². The van der Waals surface area contributed by atoms with Crippen molar-refractivity contribution < 1.29 is 0 Å². The number of H-pyrrole nitrogens is 1. The third-order valence-corrected chi connectivity index (χ3v) is 4.69. The number of hydrogen-bond acceptors (Lipinski definition) is 3. The van der Waals surface area contributed by atoms with E-state index in [-0.39, 0.29) is 0 Å². The minimum Gasteiger partial charge on any atom is -0.311 e. The number of nitrogens with zero attached hydrogens (tertiary/aromatic N) is 2. The van der Waals surface area contributed by atoms with Crippen LogP contribution >= 0.6 is 0 Å².